The average molecular weight is 259 g/mol. The van der Waals surface area contributed by atoms with Gasteiger partial charge in [0.25, 0.3) is 0 Å². The van der Waals surface area contributed by atoms with E-state index in [9.17, 15) is 8.42 Å². The Labute approximate surface area is 102 Å². The van der Waals surface area contributed by atoms with E-state index in [1.807, 2.05) is 6.07 Å². The lowest BCUT2D eigenvalue weighted by atomic mass is 10.1. The Balaban J connectivity index is 1.98. The van der Waals surface area contributed by atoms with E-state index in [2.05, 4.69) is 0 Å². The number of nitrogens with zero attached hydrogens (tertiary/aromatic N) is 1. The second-order valence-corrected chi connectivity index (χ2v) is 7.28. The molecule has 0 aromatic rings. The van der Waals surface area contributed by atoms with Crippen molar-refractivity contribution in [3.63, 3.8) is 0 Å². The Morgan fingerprint density at radius 3 is 2.88 bits per heavy atom. The van der Waals surface area contributed by atoms with Crippen molar-refractivity contribution in [3.8, 4) is 6.07 Å². The average Bonchev–Trinajstić information content (AvgIpc) is 2.73. The van der Waals surface area contributed by atoms with Crippen LogP contribution in [0.5, 0.6) is 0 Å². The normalized spacial score (nSPS) is 40.2. The van der Waals surface area contributed by atoms with Crippen LogP contribution in [-0.2, 0) is 19.3 Å². The number of hydrogen-bond donors (Lipinski definition) is 0. The highest BCUT2D eigenvalue weighted by Crippen LogP contribution is 2.34. The van der Waals surface area contributed by atoms with Gasteiger partial charge in [0.05, 0.1) is 36.2 Å². The zero-order valence-electron chi connectivity index (χ0n) is 9.89. The van der Waals surface area contributed by atoms with Gasteiger partial charge in [-0.1, -0.05) is 0 Å². The molecule has 2 aliphatic rings. The maximum absolute atomic E-state index is 11.7. The number of ether oxygens (including phenoxy) is 2. The van der Waals surface area contributed by atoms with Crippen molar-refractivity contribution < 1.29 is 17.9 Å². The smallest absolute Gasteiger partial charge is 0.167 e. The summed E-state index contributed by atoms with van der Waals surface area (Å²) < 4.78 is 34.6. The predicted octanol–water partition coefficient (Wildman–Crippen LogP) is 0.999. The number of rotatable bonds is 3. The van der Waals surface area contributed by atoms with E-state index in [1.54, 1.807) is 6.92 Å². The lowest BCUT2D eigenvalue weighted by Crippen LogP contribution is -2.34. The van der Waals surface area contributed by atoms with Crippen LogP contribution < -0.4 is 0 Å². The molecule has 0 spiro atoms. The van der Waals surface area contributed by atoms with Crippen molar-refractivity contribution in [2.75, 3.05) is 12.4 Å². The fourth-order valence-corrected chi connectivity index (χ4v) is 4.49. The van der Waals surface area contributed by atoms with Gasteiger partial charge in [0.1, 0.15) is 0 Å². The molecular weight excluding hydrogens is 242 g/mol. The number of nitriles is 1. The molecule has 0 aromatic carbocycles. The van der Waals surface area contributed by atoms with Crippen LogP contribution >= 0.6 is 0 Å². The number of hydrogen-bond acceptors (Lipinski definition) is 5. The third-order valence-corrected chi connectivity index (χ3v) is 5.65. The SMILES string of the molecule is CC1(CC2CCCS2(=O)=O)OCC(CC#N)O1. The minimum Gasteiger partial charge on any atom is -0.347 e. The standard InChI is InChI=1S/C11H17NO4S/c1-11(15-8-9(16-11)4-5-12)7-10-3-2-6-17(10,13)14/h9-10H,2-4,6-8H2,1H3. The maximum atomic E-state index is 11.7. The van der Waals surface area contributed by atoms with E-state index in [0.29, 0.717) is 19.4 Å². The van der Waals surface area contributed by atoms with Crippen molar-refractivity contribution in [2.24, 2.45) is 0 Å². The van der Waals surface area contributed by atoms with Gasteiger partial charge < -0.3 is 9.47 Å². The van der Waals surface area contributed by atoms with Crippen LogP contribution in [0, 0.1) is 11.3 Å². The highest BCUT2D eigenvalue weighted by molar-refractivity contribution is 7.92. The Bertz CT molecular complexity index is 427. The van der Waals surface area contributed by atoms with Gasteiger partial charge in [-0.05, 0) is 19.8 Å². The van der Waals surface area contributed by atoms with E-state index < -0.39 is 15.6 Å². The lowest BCUT2D eigenvalue weighted by molar-refractivity contribution is -0.157. The van der Waals surface area contributed by atoms with Gasteiger partial charge in [-0.2, -0.15) is 5.26 Å². The van der Waals surface area contributed by atoms with Crippen molar-refractivity contribution in [2.45, 2.75) is 49.7 Å². The summed E-state index contributed by atoms with van der Waals surface area (Å²) in [4.78, 5) is 0. The molecule has 96 valence electrons. The fourth-order valence-electron chi connectivity index (χ4n) is 2.50. The molecule has 3 unspecified atom stereocenters. The molecular formula is C11H17NO4S. The van der Waals surface area contributed by atoms with Crippen LogP contribution in [0.1, 0.15) is 32.6 Å². The summed E-state index contributed by atoms with van der Waals surface area (Å²) >= 11 is 0. The zero-order valence-corrected chi connectivity index (χ0v) is 10.7. The van der Waals surface area contributed by atoms with Gasteiger partial charge >= 0.3 is 0 Å². The largest absolute Gasteiger partial charge is 0.347 e. The molecule has 17 heavy (non-hydrogen) atoms. The minimum atomic E-state index is -2.97. The first-order valence-corrected chi connectivity index (χ1v) is 7.57. The Kier molecular flexibility index (Phi) is 3.43. The molecule has 5 nitrogen and oxygen atoms in total. The van der Waals surface area contributed by atoms with E-state index in [-0.39, 0.29) is 23.5 Å². The topological polar surface area (TPSA) is 76.4 Å². The van der Waals surface area contributed by atoms with E-state index >= 15 is 0 Å². The lowest BCUT2D eigenvalue weighted by Gasteiger charge is -2.25. The van der Waals surface area contributed by atoms with Crippen LogP contribution in [-0.4, -0.2) is 37.9 Å². The van der Waals surface area contributed by atoms with Crippen LogP contribution in [0.2, 0.25) is 0 Å². The monoisotopic (exact) mass is 259 g/mol. The molecule has 0 radical (unpaired) electrons. The first-order chi connectivity index (χ1) is 7.95. The van der Waals surface area contributed by atoms with Crippen LogP contribution in [0.3, 0.4) is 0 Å². The molecule has 2 rings (SSSR count). The Morgan fingerprint density at radius 2 is 2.29 bits per heavy atom. The molecule has 6 heteroatoms. The third kappa shape index (κ3) is 2.79. The van der Waals surface area contributed by atoms with Crippen molar-refractivity contribution in [3.05, 3.63) is 0 Å². The minimum absolute atomic E-state index is 0.228. The molecule has 0 N–H and O–H groups in total. The van der Waals surface area contributed by atoms with Gasteiger partial charge in [0, 0.05) is 6.42 Å². The summed E-state index contributed by atoms with van der Waals surface area (Å²) in [6.45, 7) is 2.13. The maximum Gasteiger partial charge on any atom is 0.167 e. The summed E-state index contributed by atoms with van der Waals surface area (Å²) in [5.41, 5.74) is 0. The van der Waals surface area contributed by atoms with E-state index in [0.717, 1.165) is 6.42 Å². The molecule has 3 atom stereocenters. The van der Waals surface area contributed by atoms with Gasteiger partial charge in [-0.3, -0.25) is 0 Å². The molecule has 2 fully saturated rings. The van der Waals surface area contributed by atoms with Crippen molar-refractivity contribution in [1.29, 1.82) is 5.26 Å². The van der Waals surface area contributed by atoms with Crippen LogP contribution in [0.25, 0.3) is 0 Å². The molecule has 0 aliphatic carbocycles. The first-order valence-electron chi connectivity index (χ1n) is 5.85. The van der Waals surface area contributed by atoms with Gasteiger partial charge in [-0.15, -0.1) is 0 Å². The van der Waals surface area contributed by atoms with Crippen LogP contribution in [0.15, 0.2) is 0 Å². The Hall–Kier alpha value is -0.640. The van der Waals surface area contributed by atoms with Crippen LogP contribution in [0.4, 0.5) is 0 Å². The highest BCUT2D eigenvalue weighted by Gasteiger charge is 2.43. The summed E-state index contributed by atoms with van der Waals surface area (Å²) in [5.74, 6) is -0.570. The van der Waals surface area contributed by atoms with Crippen molar-refractivity contribution in [1.82, 2.24) is 0 Å². The summed E-state index contributed by atoms with van der Waals surface area (Å²) in [6, 6.07) is 2.03. The summed E-state index contributed by atoms with van der Waals surface area (Å²) in [7, 11) is -2.97. The molecule has 0 aromatic heterocycles. The van der Waals surface area contributed by atoms with E-state index in [1.165, 1.54) is 0 Å². The quantitative estimate of drug-likeness (QED) is 0.755. The molecule has 2 heterocycles. The molecule has 0 amide bonds. The second-order valence-electron chi connectivity index (χ2n) is 4.88. The second kappa shape index (κ2) is 4.56. The van der Waals surface area contributed by atoms with Gasteiger partial charge in [0.15, 0.2) is 15.6 Å². The predicted molar refractivity (Wildman–Crippen MR) is 60.9 cm³/mol. The summed E-state index contributed by atoms with van der Waals surface area (Å²) in [5, 5.41) is 8.23. The fraction of sp³-hybridized carbons (Fsp3) is 0.909. The molecule has 0 saturated carbocycles. The zero-order chi connectivity index (χ0) is 12.5. The number of sulfone groups is 1. The van der Waals surface area contributed by atoms with Crippen molar-refractivity contribution >= 4 is 9.84 Å². The highest BCUT2D eigenvalue weighted by atomic mass is 32.2. The van der Waals surface area contributed by atoms with E-state index in [4.69, 9.17) is 14.7 Å². The first kappa shape index (κ1) is 12.8. The third-order valence-electron chi connectivity index (χ3n) is 3.37. The molecule has 0 bridgehead atoms. The molecule has 2 saturated heterocycles. The molecule has 2 aliphatic heterocycles. The van der Waals surface area contributed by atoms with Gasteiger partial charge in [-0.25, -0.2) is 8.42 Å². The summed E-state index contributed by atoms with van der Waals surface area (Å²) in [6.07, 6.45) is 1.84. The Morgan fingerprint density at radius 1 is 1.53 bits per heavy atom. The van der Waals surface area contributed by atoms with Gasteiger partial charge in [0.2, 0.25) is 0 Å².